The molecule has 1 N–H and O–H groups in total. The quantitative estimate of drug-likeness (QED) is 0.455. The summed E-state index contributed by atoms with van der Waals surface area (Å²) in [5.41, 5.74) is 0.606. The molecular formula is C24H37N3O5S. The first-order valence-electron chi connectivity index (χ1n) is 11.7. The van der Waals surface area contributed by atoms with Crippen molar-refractivity contribution in [1.29, 1.82) is 0 Å². The van der Waals surface area contributed by atoms with Crippen molar-refractivity contribution < 1.29 is 22.7 Å². The fourth-order valence-corrected chi connectivity index (χ4v) is 6.17. The van der Waals surface area contributed by atoms with E-state index in [-0.39, 0.29) is 22.1 Å². The summed E-state index contributed by atoms with van der Waals surface area (Å²) in [6.45, 7) is 1.96. The smallest absolute Gasteiger partial charge is 0.246 e. The lowest BCUT2D eigenvalue weighted by molar-refractivity contribution is -0.117. The summed E-state index contributed by atoms with van der Waals surface area (Å²) >= 11 is 0. The zero-order chi connectivity index (χ0) is 23.9. The summed E-state index contributed by atoms with van der Waals surface area (Å²) in [5.74, 6) is 0.0956. The molecule has 8 nitrogen and oxygen atoms in total. The van der Waals surface area contributed by atoms with Gasteiger partial charge in [-0.25, -0.2) is 8.42 Å². The van der Waals surface area contributed by atoms with Crippen LogP contribution in [0.25, 0.3) is 6.08 Å². The molecule has 0 spiro atoms. The number of hydrogen-bond donors (Lipinski definition) is 1. The molecule has 184 valence electrons. The number of carbonyl (C=O) groups is 1. The van der Waals surface area contributed by atoms with Gasteiger partial charge in [-0.15, -0.1) is 0 Å². The Morgan fingerprint density at radius 3 is 2.45 bits per heavy atom. The summed E-state index contributed by atoms with van der Waals surface area (Å²) in [7, 11) is 1.89. The number of likely N-dealkylation sites (N-methyl/N-ethyl adjacent to an activating group) is 1. The number of benzene rings is 1. The van der Waals surface area contributed by atoms with E-state index < -0.39 is 10.0 Å². The minimum absolute atomic E-state index is 0.0144. The van der Waals surface area contributed by atoms with Crippen molar-refractivity contribution in [2.24, 2.45) is 0 Å². The highest BCUT2D eigenvalue weighted by atomic mass is 32.2. The standard InChI is InChI=1S/C24H37N3O5S/c1-26(2)24(12-6-4-5-7-13-24)19-25-23(28)11-9-20-8-10-21(31-3)22(18-20)33(29,30)27-14-16-32-17-15-27/h8-11,18H,4-7,12-17,19H2,1-3H3,(H,25,28). The highest BCUT2D eigenvalue weighted by Gasteiger charge is 2.33. The van der Waals surface area contributed by atoms with Crippen LogP contribution in [0, 0.1) is 0 Å². The summed E-state index contributed by atoms with van der Waals surface area (Å²) < 4.78 is 38.3. The van der Waals surface area contributed by atoms with Crippen LogP contribution in [0.4, 0.5) is 0 Å². The van der Waals surface area contributed by atoms with Gasteiger partial charge in [0.15, 0.2) is 0 Å². The number of hydrogen-bond acceptors (Lipinski definition) is 6. The fraction of sp³-hybridized carbons (Fsp3) is 0.625. The van der Waals surface area contributed by atoms with E-state index in [4.69, 9.17) is 9.47 Å². The largest absolute Gasteiger partial charge is 0.495 e. The predicted molar refractivity (Wildman–Crippen MR) is 129 cm³/mol. The average Bonchev–Trinajstić information content (AvgIpc) is 3.08. The SMILES string of the molecule is COc1ccc(C=CC(=O)NCC2(N(C)C)CCCCCC2)cc1S(=O)(=O)N1CCOCC1. The number of nitrogens with one attached hydrogen (secondary N) is 1. The second-order valence-electron chi connectivity index (χ2n) is 9.01. The predicted octanol–water partition coefficient (Wildman–Crippen LogP) is 2.50. The normalized spacial score (nSPS) is 20.0. The van der Waals surface area contributed by atoms with Gasteiger partial charge in [-0.2, -0.15) is 4.31 Å². The number of morpholine rings is 1. The van der Waals surface area contributed by atoms with E-state index in [2.05, 4.69) is 24.3 Å². The van der Waals surface area contributed by atoms with E-state index in [0.717, 1.165) is 12.8 Å². The molecule has 9 heteroatoms. The summed E-state index contributed by atoms with van der Waals surface area (Å²) in [6.07, 6.45) is 10.1. The third-order valence-corrected chi connectivity index (χ3v) is 8.70. The van der Waals surface area contributed by atoms with Gasteiger partial charge in [-0.3, -0.25) is 4.79 Å². The molecule has 1 aliphatic carbocycles. The molecule has 1 saturated carbocycles. The Balaban J connectivity index is 1.71. The Morgan fingerprint density at radius 2 is 1.85 bits per heavy atom. The number of sulfonamides is 1. The lowest BCUT2D eigenvalue weighted by Crippen LogP contribution is -2.52. The molecule has 33 heavy (non-hydrogen) atoms. The Hall–Kier alpha value is -1.94. The van der Waals surface area contributed by atoms with Crippen molar-refractivity contribution in [3.63, 3.8) is 0 Å². The number of nitrogens with zero attached hydrogens (tertiary/aromatic N) is 2. The summed E-state index contributed by atoms with van der Waals surface area (Å²) in [5, 5.41) is 3.06. The van der Waals surface area contributed by atoms with Crippen LogP contribution in [0.1, 0.15) is 44.1 Å². The van der Waals surface area contributed by atoms with Crippen molar-refractivity contribution >= 4 is 22.0 Å². The lowest BCUT2D eigenvalue weighted by Gasteiger charge is -2.39. The van der Waals surface area contributed by atoms with Gasteiger partial charge in [-0.05, 0) is 50.7 Å². The molecule has 0 radical (unpaired) electrons. The average molecular weight is 480 g/mol. The Bertz CT molecular complexity index is 931. The van der Waals surface area contributed by atoms with Gasteiger partial charge in [0, 0.05) is 31.2 Å². The molecule has 1 amide bonds. The molecule has 0 aromatic heterocycles. The molecule has 1 aromatic carbocycles. The number of ether oxygens (including phenoxy) is 2. The highest BCUT2D eigenvalue weighted by Crippen LogP contribution is 2.31. The monoisotopic (exact) mass is 479 g/mol. The van der Waals surface area contributed by atoms with E-state index in [1.54, 1.807) is 24.3 Å². The maximum absolute atomic E-state index is 13.1. The number of methoxy groups -OCH3 is 1. The molecule has 0 atom stereocenters. The maximum atomic E-state index is 13.1. The number of carbonyl (C=O) groups excluding carboxylic acids is 1. The van der Waals surface area contributed by atoms with E-state index in [9.17, 15) is 13.2 Å². The Morgan fingerprint density at radius 1 is 1.18 bits per heavy atom. The van der Waals surface area contributed by atoms with Gasteiger partial charge in [0.2, 0.25) is 15.9 Å². The fourth-order valence-electron chi connectivity index (χ4n) is 4.58. The molecule has 1 aliphatic heterocycles. The molecule has 3 rings (SSSR count). The zero-order valence-corrected chi connectivity index (χ0v) is 20.8. The van der Waals surface area contributed by atoms with Crippen molar-refractivity contribution in [1.82, 2.24) is 14.5 Å². The first-order chi connectivity index (χ1) is 15.8. The third-order valence-electron chi connectivity index (χ3n) is 6.78. The van der Waals surface area contributed by atoms with Crippen molar-refractivity contribution in [2.75, 3.05) is 54.1 Å². The minimum Gasteiger partial charge on any atom is -0.495 e. The van der Waals surface area contributed by atoms with Gasteiger partial charge < -0.3 is 19.7 Å². The Labute approximate surface area is 198 Å². The Kier molecular flexibility index (Phi) is 8.92. The van der Waals surface area contributed by atoms with Gasteiger partial charge in [0.25, 0.3) is 0 Å². The molecular weight excluding hydrogens is 442 g/mol. The molecule has 2 aliphatic rings. The zero-order valence-electron chi connectivity index (χ0n) is 20.0. The third kappa shape index (κ3) is 6.35. The molecule has 0 unspecified atom stereocenters. The van der Waals surface area contributed by atoms with Crippen LogP contribution in [0.15, 0.2) is 29.2 Å². The van der Waals surface area contributed by atoms with Gasteiger partial charge >= 0.3 is 0 Å². The molecule has 2 fully saturated rings. The number of rotatable bonds is 8. The van der Waals surface area contributed by atoms with Crippen LogP contribution in [-0.4, -0.2) is 83.1 Å². The second-order valence-corrected chi connectivity index (χ2v) is 10.9. The van der Waals surface area contributed by atoms with Gasteiger partial charge in [0.05, 0.1) is 20.3 Å². The molecule has 0 bridgehead atoms. The topological polar surface area (TPSA) is 88.2 Å². The highest BCUT2D eigenvalue weighted by molar-refractivity contribution is 7.89. The van der Waals surface area contributed by atoms with Crippen LogP contribution in [-0.2, 0) is 19.6 Å². The van der Waals surface area contributed by atoms with Crippen LogP contribution < -0.4 is 10.1 Å². The van der Waals surface area contributed by atoms with E-state index in [0.29, 0.717) is 38.4 Å². The van der Waals surface area contributed by atoms with Crippen LogP contribution in [0.5, 0.6) is 5.75 Å². The first kappa shape index (κ1) is 25.7. The first-order valence-corrected chi connectivity index (χ1v) is 13.1. The van der Waals surface area contributed by atoms with Crippen LogP contribution in [0.3, 0.4) is 0 Å². The number of amides is 1. The molecule has 1 aromatic rings. The van der Waals surface area contributed by atoms with Crippen LogP contribution >= 0.6 is 0 Å². The lowest BCUT2D eigenvalue weighted by atomic mass is 9.88. The molecule has 1 saturated heterocycles. The summed E-state index contributed by atoms with van der Waals surface area (Å²) in [4.78, 5) is 14.9. The van der Waals surface area contributed by atoms with Crippen molar-refractivity contribution in [2.45, 2.75) is 49.0 Å². The van der Waals surface area contributed by atoms with Gasteiger partial charge in [-0.1, -0.05) is 31.7 Å². The van der Waals surface area contributed by atoms with E-state index in [1.165, 1.54) is 43.2 Å². The van der Waals surface area contributed by atoms with E-state index >= 15 is 0 Å². The maximum Gasteiger partial charge on any atom is 0.246 e. The van der Waals surface area contributed by atoms with Crippen molar-refractivity contribution in [3.05, 3.63) is 29.8 Å². The van der Waals surface area contributed by atoms with Crippen molar-refractivity contribution in [3.8, 4) is 5.75 Å². The summed E-state index contributed by atoms with van der Waals surface area (Å²) in [6, 6.07) is 4.92. The van der Waals surface area contributed by atoms with Gasteiger partial charge in [0.1, 0.15) is 10.6 Å². The molecule has 1 heterocycles. The van der Waals surface area contributed by atoms with Crippen LogP contribution in [0.2, 0.25) is 0 Å². The van der Waals surface area contributed by atoms with E-state index in [1.807, 2.05) is 0 Å². The minimum atomic E-state index is -3.72. The second kappa shape index (κ2) is 11.5.